The molecule has 1 aromatic heterocycles. The number of hydrogen-bond donors (Lipinski definition) is 0. The molecule has 96 valence electrons. The average Bonchev–Trinajstić information content (AvgIpc) is 2.91. The first-order valence-corrected chi connectivity index (χ1v) is 6.73. The van der Waals surface area contributed by atoms with Gasteiger partial charge in [0.25, 0.3) is 0 Å². The lowest BCUT2D eigenvalue weighted by Gasteiger charge is -2.25. The van der Waals surface area contributed by atoms with Gasteiger partial charge in [-0.05, 0) is 31.4 Å². The second-order valence-electron chi connectivity index (χ2n) is 4.97. The molecule has 1 aromatic carbocycles. The van der Waals surface area contributed by atoms with Crippen LogP contribution in [-0.4, -0.2) is 10.4 Å². The highest BCUT2D eigenvalue weighted by Gasteiger charge is 2.23. The van der Waals surface area contributed by atoms with Crippen LogP contribution in [0.2, 0.25) is 0 Å². The minimum atomic E-state index is 0.0978. The SMILES string of the molecule is C=C[C@H]1CCCc2ccc(C(=O)c3ccccc3)n21. The minimum Gasteiger partial charge on any atom is -0.335 e. The Balaban J connectivity index is 2.05. The number of allylic oxidation sites excluding steroid dienone is 1. The predicted octanol–water partition coefficient (Wildman–Crippen LogP) is 3.78. The van der Waals surface area contributed by atoms with Crippen molar-refractivity contribution in [3.8, 4) is 0 Å². The number of ketones is 1. The van der Waals surface area contributed by atoms with Gasteiger partial charge in [0.1, 0.15) is 0 Å². The summed E-state index contributed by atoms with van der Waals surface area (Å²) in [6.07, 6.45) is 5.23. The average molecular weight is 251 g/mol. The Bertz CT molecular complexity index is 609. The van der Waals surface area contributed by atoms with Gasteiger partial charge in [-0.15, -0.1) is 6.58 Å². The maximum Gasteiger partial charge on any atom is 0.209 e. The van der Waals surface area contributed by atoms with Crippen molar-refractivity contribution < 1.29 is 4.79 Å². The molecular formula is C17H17NO. The first-order valence-electron chi connectivity index (χ1n) is 6.73. The van der Waals surface area contributed by atoms with E-state index in [0.717, 1.165) is 24.1 Å². The summed E-state index contributed by atoms with van der Waals surface area (Å²) >= 11 is 0. The predicted molar refractivity (Wildman–Crippen MR) is 76.5 cm³/mol. The van der Waals surface area contributed by atoms with Gasteiger partial charge in [0.05, 0.1) is 11.7 Å². The molecule has 2 aromatic rings. The summed E-state index contributed by atoms with van der Waals surface area (Å²) in [7, 11) is 0. The van der Waals surface area contributed by atoms with E-state index in [0.29, 0.717) is 0 Å². The topological polar surface area (TPSA) is 22.0 Å². The molecule has 0 radical (unpaired) electrons. The van der Waals surface area contributed by atoms with E-state index in [-0.39, 0.29) is 11.8 Å². The highest BCUT2D eigenvalue weighted by atomic mass is 16.1. The zero-order valence-corrected chi connectivity index (χ0v) is 10.9. The van der Waals surface area contributed by atoms with E-state index in [1.54, 1.807) is 0 Å². The van der Waals surface area contributed by atoms with Crippen LogP contribution >= 0.6 is 0 Å². The molecule has 3 rings (SSSR count). The van der Waals surface area contributed by atoms with Crippen LogP contribution in [0.25, 0.3) is 0 Å². The number of aromatic nitrogens is 1. The Morgan fingerprint density at radius 3 is 2.74 bits per heavy atom. The van der Waals surface area contributed by atoms with Crippen LogP contribution in [0, 0.1) is 0 Å². The van der Waals surface area contributed by atoms with Crippen molar-refractivity contribution >= 4 is 5.78 Å². The molecule has 0 aliphatic carbocycles. The van der Waals surface area contributed by atoms with Gasteiger partial charge in [-0.1, -0.05) is 36.4 Å². The lowest BCUT2D eigenvalue weighted by molar-refractivity contribution is 0.102. The van der Waals surface area contributed by atoms with Gasteiger partial charge in [-0.2, -0.15) is 0 Å². The summed E-state index contributed by atoms with van der Waals surface area (Å²) in [5.74, 6) is 0.0978. The van der Waals surface area contributed by atoms with E-state index in [9.17, 15) is 4.79 Å². The molecule has 1 aliphatic heterocycles. The van der Waals surface area contributed by atoms with Crippen LogP contribution in [0.15, 0.2) is 55.1 Å². The molecule has 2 heteroatoms. The van der Waals surface area contributed by atoms with Crippen LogP contribution in [0.1, 0.15) is 40.6 Å². The lowest BCUT2D eigenvalue weighted by Crippen LogP contribution is -2.20. The first kappa shape index (κ1) is 12.0. The van der Waals surface area contributed by atoms with Gasteiger partial charge >= 0.3 is 0 Å². The van der Waals surface area contributed by atoms with Gasteiger partial charge < -0.3 is 4.57 Å². The second-order valence-corrected chi connectivity index (χ2v) is 4.97. The van der Waals surface area contributed by atoms with Gasteiger partial charge in [0.2, 0.25) is 5.78 Å². The number of carbonyl (C=O) groups is 1. The molecule has 0 unspecified atom stereocenters. The quantitative estimate of drug-likeness (QED) is 0.601. The van der Waals surface area contributed by atoms with Crippen LogP contribution in [0.4, 0.5) is 0 Å². The minimum absolute atomic E-state index is 0.0978. The van der Waals surface area contributed by atoms with E-state index < -0.39 is 0 Å². The van der Waals surface area contributed by atoms with Crippen LogP contribution in [-0.2, 0) is 6.42 Å². The molecule has 0 amide bonds. The second kappa shape index (κ2) is 4.88. The van der Waals surface area contributed by atoms with Crippen molar-refractivity contribution in [2.24, 2.45) is 0 Å². The Morgan fingerprint density at radius 1 is 1.21 bits per heavy atom. The lowest BCUT2D eigenvalue weighted by atomic mass is 10.0. The molecule has 0 saturated carbocycles. The number of carbonyl (C=O) groups excluding carboxylic acids is 1. The van der Waals surface area contributed by atoms with Crippen LogP contribution in [0.3, 0.4) is 0 Å². The fourth-order valence-corrected chi connectivity index (χ4v) is 2.85. The molecule has 0 bridgehead atoms. The molecule has 0 saturated heterocycles. The Labute approximate surface area is 113 Å². The van der Waals surface area contributed by atoms with Gasteiger partial charge in [-0.25, -0.2) is 0 Å². The van der Waals surface area contributed by atoms with Crippen molar-refractivity contribution in [1.29, 1.82) is 0 Å². The molecule has 2 heterocycles. The number of hydrogen-bond acceptors (Lipinski definition) is 1. The smallest absolute Gasteiger partial charge is 0.209 e. The highest BCUT2D eigenvalue weighted by Crippen LogP contribution is 2.29. The van der Waals surface area contributed by atoms with Gasteiger partial charge in [0, 0.05) is 11.3 Å². The summed E-state index contributed by atoms with van der Waals surface area (Å²) in [5.41, 5.74) is 2.78. The fourth-order valence-electron chi connectivity index (χ4n) is 2.85. The van der Waals surface area contributed by atoms with Crippen molar-refractivity contribution in [3.63, 3.8) is 0 Å². The van der Waals surface area contributed by atoms with E-state index in [1.807, 2.05) is 42.5 Å². The third-order valence-corrected chi connectivity index (χ3v) is 3.81. The number of benzene rings is 1. The standard InChI is InChI=1S/C17H17NO/c1-2-14-9-6-10-15-11-12-16(18(14)15)17(19)13-7-4-3-5-8-13/h2-5,7-8,11-12,14H,1,6,9-10H2/t14-/m0/s1. The molecule has 0 N–H and O–H groups in total. The molecule has 1 aliphatic rings. The summed E-state index contributed by atoms with van der Waals surface area (Å²) in [6.45, 7) is 3.90. The number of fused-ring (bicyclic) bond motifs is 1. The number of aryl methyl sites for hydroxylation is 1. The van der Waals surface area contributed by atoms with Crippen molar-refractivity contribution in [2.75, 3.05) is 0 Å². The largest absolute Gasteiger partial charge is 0.335 e. The first-order chi connectivity index (χ1) is 9.31. The van der Waals surface area contributed by atoms with E-state index >= 15 is 0 Å². The van der Waals surface area contributed by atoms with Crippen LogP contribution in [0.5, 0.6) is 0 Å². The summed E-state index contributed by atoms with van der Waals surface area (Å²) < 4.78 is 2.16. The number of rotatable bonds is 3. The van der Waals surface area contributed by atoms with Gasteiger partial charge in [0.15, 0.2) is 0 Å². The Kier molecular flexibility index (Phi) is 3.08. The zero-order chi connectivity index (χ0) is 13.2. The molecule has 19 heavy (non-hydrogen) atoms. The highest BCUT2D eigenvalue weighted by molar-refractivity contribution is 6.08. The summed E-state index contributed by atoms with van der Waals surface area (Å²) in [5, 5.41) is 0. The fraction of sp³-hybridized carbons (Fsp3) is 0.235. The third-order valence-electron chi connectivity index (χ3n) is 3.81. The molecule has 2 nitrogen and oxygen atoms in total. The molecule has 0 spiro atoms. The molecular weight excluding hydrogens is 234 g/mol. The third kappa shape index (κ3) is 2.03. The van der Waals surface area contributed by atoms with E-state index in [2.05, 4.69) is 17.2 Å². The maximum atomic E-state index is 12.6. The van der Waals surface area contributed by atoms with Crippen molar-refractivity contribution in [3.05, 3.63) is 72.1 Å². The molecule has 1 atom stereocenters. The van der Waals surface area contributed by atoms with E-state index in [1.165, 1.54) is 12.1 Å². The Morgan fingerprint density at radius 2 is 2.00 bits per heavy atom. The van der Waals surface area contributed by atoms with E-state index in [4.69, 9.17) is 0 Å². The number of nitrogens with zero attached hydrogens (tertiary/aromatic N) is 1. The van der Waals surface area contributed by atoms with Crippen LogP contribution < -0.4 is 0 Å². The zero-order valence-electron chi connectivity index (χ0n) is 10.9. The van der Waals surface area contributed by atoms with Crippen molar-refractivity contribution in [1.82, 2.24) is 4.57 Å². The molecule has 0 fully saturated rings. The van der Waals surface area contributed by atoms with Crippen molar-refractivity contribution in [2.45, 2.75) is 25.3 Å². The van der Waals surface area contributed by atoms with Gasteiger partial charge in [-0.3, -0.25) is 4.79 Å². The normalized spacial score (nSPS) is 17.8. The summed E-state index contributed by atoms with van der Waals surface area (Å²) in [6, 6.07) is 13.7. The maximum absolute atomic E-state index is 12.6. The Hall–Kier alpha value is -2.09. The summed E-state index contributed by atoms with van der Waals surface area (Å²) in [4.78, 5) is 12.6. The monoisotopic (exact) mass is 251 g/mol.